The number of piperidine rings is 2. The van der Waals surface area contributed by atoms with Crippen molar-refractivity contribution >= 4 is 17.5 Å². The lowest BCUT2D eigenvalue weighted by molar-refractivity contribution is -0.262. The van der Waals surface area contributed by atoms with Gasteiger partial charge in [0, 0.05) is 57.1 Å². The van der Waals surface area contributed by atoms with E-state index in [0.717, 1.165) is 43.6 Å². The molecule has 2 heterocycles. The molecule has 230 valence electrons. The van der Waals surface area contributed by atoms with Crippen LogP contribution in [-0.4, -0.2) is 73.2 Å². The Morgan fingerprint density at radius 2 is 1.67 bits per heavy atom. The smallest absolute Gasteiger partial charge is 0.372 e. The highest BCUT2D eigenvalue weighted by Gasteiger charge is 2.62. The number of aliphatic hydroxyl groups is 1. The molecule has 1 N–H and O–H groups in total. The molecule has 9 heteroatoms. The minimum Gasteiger partial charge on any atom is -0.372 e. The number of anilines is 1. The van der Waals surface area contributed by atoms with Gasteiger partial charge in [0.1, 0.15) is 0 Å². The fourth-order valence-corrected chi connectivity index (χ4v) is 6.52. The second kappa shape index (κ2) is 12.3. The highest BCUT2D eigenvalue weighted by atomic mass is 19.4. The number of carbonyl (C=O) groups is 2. The molecule has 1 unspecified atom stereocenters. The molecule has 0 spiro atoms. The van der Waals surface area contributed by atoms with Crippen molar-refractivity contribution in [2.75, 3.05) is 45.2 Å². The molecule has 0 aromatic heterocycles. The molecule has 2 aliphatic rings. The Morgan fingerprint density at radius 1 is 1.02 bits per heavy atom. The average molecular weight is 588 g/mol. The first-order chi connectivity index (χ1) is 19.7. The summed E-state index contributed by atoms with van der Waals surface area (Å²) in [6.07, 6.45) is -0.452. The Morgan fingerprint density at radius 3 is 2.21 bits per heavy atom. The maximum atomic E-state index is 14.2. The van der Waals surface area contributed by atoms with E-state index >= 15 is 0 Å². The zero-order chi connectivity index (χ0) is 30.9. The van der Waals surface area contributed by atoms with E-state index in [1.165, 1.54) is 23.1 Å². The van der Waals surface area contributed by atoms with Crippen LogP contribution in [0.25, 0.3) is 0 Å². The molecule has 0 saturated carbocycles. The molecule has 42 heavy (non-hydrogen) atoms. The van der Waals surface area contributed by atoms with Gasteiger partial charge in [-0.3, -0.25) is 9.59 Å². The number of rotatable bonds is 7. The molecule has 0 bridgehead atoms. The number of hydrogen-bond donors (Lipinski definition) is 1. The standard InChI is InChI=1S/C33H44F3N3O3/c1-6-24-8-7-9-26(21-24)32(42,33(34,35)36)30(41)39-18-14-31(3,15-19-39)22-25-12-16-38(17-13-25)27-10-11-28(23(2)20-27)29(40)37(4)5/h7-11,20-21,25,42H,6,12-19,22H2,1-5H3. The van der Waals surface area contributed by atoms with Crippen LogP contribution in [0.3, 0.4) is 0 Å². The molecule has 2 saturated heterocycles. The topological polar surface area (TPSA) is 64.1 Å². The van der Waals surface area contributed by atoms with Gasteiger partial charge in [-0.1, -0.05) is 38.1 Å². The van der Waals surface area contributed by atoms with Crippen molar-refractivity contribution in [3.63, 3.8) is 0 Å². The molecule has 2 fully saturated rings. The number of halogens is 3. The van der Waals surface area contributed by atoms with Gasteiger partial charge < -0.3 is 19.8 Å². The normalized spacial score (nSPS) is 19.4. The first kappa shape index (κ1) is 31.9. The van der Waals surface area contributed by atoms with Crippen molar-refractivity contribution in [3.05, 3.63) is 64.7 Å². The van der Waals surface area contributed by atoms with Gasteiger partial charge >= 0.3 is 6.18 Å². The Balaban J connectivity index is 1.35. The second-order valence-corrected chi connectivity index (χ2v) is 12.7. The number of hydrogen-bond acceptors (Lipinski definition) is 4. The largest absolute Gasteiger partial charge is 0.430 e. The zero-order valence-corrected chi connectivity index (χ0v) is 25.4. The van der Waals surface area contributed by atoms with Crippen LogP contribution in [0.15, 0.2) is 42.5 Å². The van der Waals surface area contributed by atoms with Crippen LogP contribution in [0.1, 0.15) is 73.0 Å². The maximum Gasteiger partial charge on any atom is 0.430 e. The first-order valence-electron chi connectivity index (χ1n) is 14.9. The number of amides is 2. The monoisotopic (exact) mass is 587 g/mol. The van der Waals surface area contributed by atoms with Crippen LogP contribution in [0, 0.1) is 18.3 Å². The number of aryl methyl sites for hydroxylation is 2. The third-order valence-corrected chi connectivity index (χ3v) is 9.34. The predicted molar refractivity (Wildman–Crippen MR) is 158 cm³/mol. The summed E-state index contributed by atoms with van der Waals surface area (Å²) in [5.41, 5.74) is -0.652. The Kier molecular flexibility index (Phi) is 9.31. The van der Waals surface area contributed by atoms with E-state index in [0.29, 0.717) is 36.3 Å². The lowest BCUT2D eigenvalue weighted by Gasteiger charge is -2.45. The van der Waals surface area contributed by atoms with E-state index in [1.807, 2.05) is 26.0 Å². The summed E-state index contributed by atoms with van der Waals surface area (Å²) in [6.45, 7) is 8.14. The fraction of sp³-hybridized carbons (Fsp3) is 0.576. The van der Waals surface area contributed by atoms with Gasteiger partial charge in [0.15, 0.2) is 0 Å². The van der Waals surface area contributed by atoms with E-state index in [9.17, 15) is 27.9 Å². The first-order valence-corrected chi connectivity index (χ1v) is 14.9. The van der Waals surface area contributed by atoms with Crippen LogP contribution in [0.5, 0.6) is 0 Å². The van der Waals surface area contributed by atoms with E-state index in [-0.39, 0.29) is 24.4 Å². The third-order valence-electron chi connectivity index (χ3n) is 9.34. The van der Waals surface area contributed by atoms with Crippen LogP contribution < -0.4 is 4.90 Å². The molecule has 1 atom stereocenters. The quantitative estimate of drug-likeness (QED) is 0.435. The highest BCUT2D eigenvalue weighted by molar-refractivity contribution is 5.95. The minimum atomic E-state index is -5.13. The molecule has 2 amide bonds. The van der Waals surface area contributed by atoms with Crippen LogP contribution in [0.2, 0.25) is 0 Å². The predicted octanol–water partition coefficient (Wildman–Crippen LogP) is 5.94. The molecule has 4 rings (SSSR count). The average Bonchev–Trinajstić information content (AvgIpc) is 2.96. The van der Waals surface area contributed by atoms with Gasteiger partial charge in [-0.15, -0.1) is 0 Å². The fourth-order valence-electron chi connectivity index (χ4n) is 6.52. The van der Waals surface area contributed by atoms with Gasteiger partial charge in [0.05, 0.1) is 0 Å². The van der Waals surface area contributed by atoms with E-state index in [1.54, 1.807) is 25.1 Å². The lowest BCUT2D eigenvalue weighted by Crippen LogP contribution is -2.57. The molecule has 0 aliphatic carbocycles. The molecule has 6 nitrogen and oxygen atoms in total. The summed E-state index contributed by atoms with van der Waals surface area (Å²) in [5.74, 6) is -0.798. The van der Waals surface area contributed by atoms with Crippen molar-refractivity contribution in [3.8, 4) is 0 Å². The Hall–Kier alpha value is -3.07. The molecule has 2 aliphatic heterocycles. The summed E-state index contributed by atoms with van der Waals surface area (Å²) < 4.78 is 42.7. The van der Waals surface area contributed by atoms with Gasteiger partial charge in [0.2, 0.25) is 0 Å². The van der Waals surface area contributed by atoms with Gasteiger partial charge in [-0.05, 0) is 86.1 Å². The number of likely N-dealkylation sites (tertiary alicyclic amines) is 1. The SMILES string of the molecule is CCc1cccc(C(O)(C(=O)N2CCC(C)(CC3CCN(c4ccc(C(=O)N(C)C)c(C)c4)CC3)CC2)C(F)(F)F)c1. The molecular weight excluding hydrogens is 543 g/mol. The summed E-state index contributed by atoms with van der Waals surface area (Å²) in [4.78, 5) is 30.8. The Labute approximate surface area is 247 Å². The molecule has 0 radical (unpaired) electrons. The highest BCUT2D eigenvalue weighted by Crippen LogP contribution is 2.44. The number of benzene rings is 2. The van der Waals surface area contributed by atoms with Crippen LogP contribution in [-0.2, 0) is 16.8 Å². The molecule has 2 aromatic carbocycles. The molecular formula is C33H44F3N3O3. The minimum absolute atomic E-state index is 0.00692. The van der Waals surface area contributed by atoms with Gasteiger partial charge in [0.25, 0.3) is 17.4 Å². The van der Waals surface area contributed by atoms with Crippen LogP contribution in [0.4, 0.5) is 18.9 Å². The van der Waals surface area contributed by atoms with E-state index in [4.69, 9.17) is 0 Å². The number of alkyl halides is 3. The Bertz CT molecular complexity index is 1280. The van der Waals surface area contributed by atoms with Gasteiger partial charge in [-0.25, -0.2) is 0 Å². The summed E-state index contributed by atoms with van der Waals surface area (Å²) >= 11 is 0. The van der Waals surface area contributed by atoms with Crippen molar-refractivity contribution < 1.29 is 27.9 Å². The van der Waals surface area contributed by atoms with Crippen molar-refractivity contribution in [2.24, 2.45) is 11.3 Å². The van der Waals surface area contributed by atoms with E-state index in [2.05, 4.69) is 17.9 Å². The third kappa shape index (κ3) is 6.46. The van der Waals surface area contributed by atoms with Crippen molar-refractivity contribution in [1.82, 2.24) is 9.80 Å². The van der Waals surface area contributed by atoms with Crippen molar-refractivity contribution in [1.29, 1.82) is 0 Å². The summed E-state index contributed by atoms with van der Waals surface area (Å²) in [5, 5.41) is 10.9. The summed E-state index contributed by atoms with van der Waals surface area (Å²) in [7, 11) is 3.50. The van der Waals surface area contributed by atoms with Crippen molar-refractivity contribution in [2.45, 2.75) is 71.1 Å². The number of carbonyl (C=O) groups excluding carboxylic acids is 2. The second-order valence-electron chi connectivity index (χ2n) is 12.7. The van der Waals surface area contributed by atoms with Gasteiger partial charge in [-0.2, -0.15) is 13.2 Å². The molecule has 2 aromatic rings. The number of nitrogens with zero attached hydrogens (tertiary/aromatic N) is 3. The van der Waals surface area contributed by atoms with Crippen LogP contribution >= 0.6 is 0 Å². The zero-order valence-electron chi connectivity index (χ0n) is 25.4. The lowest BCUT2D eigenvalue weighted by atomic mass is 9.71. The maximum absolute atomic E-state index is 14.2. The summed E-state index contributed by atoms with van der Waals surface area (Å²) in [6, 6.07) is 11.6. The van der Waals surface area contributed by atoms with E-state index < -0.39 is 23.2 Å².